The number of H-pyrrole nitrogens is 1. The van der Waals surface area contributed by atoms with Gasteiger partial charge in [0.1, 0.15) is 10.9 Å². The summed E-state index contributed by atoms with van der Waals surface area (Å²) < 4.78 is 0. The highest BCUT2D eigenvalue weighted by Gasteiger charge is 2.32. The topological polar surface area (TPSA) is 61.9 Å². The zero-order valence-corrected chi connectivity index (χ0v) is 19.4. The van der Waals surface area contributed by atoms with Crippen LogP contribution < -0.4 is 0 Å². The summed E-state index contributed by atoms with van der Waals surface area (Å²) in [6.45, 7) is 0. The van der Waals surface area contributed by atoms with Gasteiger partial charge in [0, 0.05) is 23.8 Å². The molecule has 0 unspecified atom stereocenters. The van der Waals surface area contributed by atoms with Gasteiger partial charge in [-0.05, 0) is 49.9 Å². The van der Waals surface area contributed by atoms with E-state index in [1.165, 1.54) is 64.2 Å². The highest BCUT2D eigenvalue weighted by Crippen LogP contribution is 2.33. The van der Waals surface area contributed by atoms with E-state index < -0.39 is 0 Å². The van der Waals surface area contributed by atoms with Crippen LogP contribution in [-0.2, 0) is 4.79 Å². The molecule has 3 aromatic rings. The maximum Gasteiger partial charge on any atom is 0.233 e. The molecule has 1 aromatic carbocycles. The van der Waals surface area contributed by atoms with Gasteiger partial charge in [0.15, 0.2) is 0 Å². The molecule has 2 aliphatic rings. The number of nitrogens with one attached hydrogen (secondary N) is 1. The molecule has 32 heavy (non-hydrogen) atoms. The number of aromatic amines is 1. The molecule has 5 nitrogen and oxygen atoms in total. The third-order valence-electron chi connectivity index (χ3n) is 6.97. The number of fused-ring (bicyclic) bond motifs is 1. The van der Waals surface area contributed by atoms with Crippen molar-refractivity contribution in [2.45, 2.75) is 81.3 Å². The largest absolute Gasteiger partial charge is 0.338 e. The van der Waals surface area contributed by atoms with Crippen LogP contribution in [0.3, 0.4) is 0 Å². The summed E-state index contributed by atoms with van der Waals surface area (Å²) in [4.78, 5) is 28.6. The van der Waals surface area contributed by atoms with Crippen LogP contribution in [0, 0.1) is 0 Å². The minimum atomic E-state index is 0.287. The molecule has 5 rings (SSSR count). The number of carbonyl (C=O) groups excluding carboxylic acids is 1. The van der Waals surface area contributed by atoms with Gasteiger partial charge >= 0.3 is 0 Å². The molecule has 0 spiro atoms. The molecule has 2 aromatic heterocycles. The molecule has 2 fully saturated rings. The van der Waals surface area contributed by atoms with E-state index in [1.807, 2.05) is 36.4 Å². The Balaban J connectivity index is 1.34. The molecule has 1 amide bonds. The highest BCUT2D eigenvalue weighted by molar-refractivity contribution is 8.00. The van der Waals surface area contributed by atoms with Crippen molar-refractivity contribution >= 4 is 28.7 Å². The Morgan fingerprint density at radius 1 is 0.938 bits per heavy atom. The maximum absolute atomic E-state index is 13.6. The molecule has 0 atom stereocenters. The van der Waals surface area contributed by atoms with Gasteiger partial charge in [-0.15, -0.1) is 0 Å². The van der Waals surface area contributed by atoms with Gasteiger partial charge in [-0.1, -0.05) is 62.4 Å². The number of benzene rings is 1. The van der Waals surface area contributed by atoms with Crippen LogP contribution in [0.4, 0.5) is 0 Å². The van der Waals surface area contributed by atoms with Crippen LogP contribution in [0.2, 0.25) is 0 Å². The van der Waals surface area contributed by atoms with Crippen LogP contribution in [-0.4, -0.2) is 43.6 Å². The zero-order valence-electron chi connectivity index (χ0n) is 18.6. The average molecular weight is 449 g/mol. The van der Waals surface area contributed by atoms with Crippen molar-refractivity contribution < 1.29 is 4.79 Å². The molecule has 1 N–H and O–H groups in total. The van der Waals surface area contributed by atoms with Crippen molar-refractivity contribution in [3.63, 3.8) is 0 Å². The number of nitrogens with zero attached hydrogens (tertiary/aromatic N) is 3. The predicted molar refractivity (Wildman–Crippen MR) is 131 cm³/mol. The van der Waals surface area contributed by atoms with Crippen molar-refractivity contribution in [1.82, 2.24) is 19.9 Å². The first-order chi connectivity index (χ1) is 15.8. The second kappa shape index (κ2) is 10.1. The van der Waals surface area contributed by atoms with E-state index in [2.05, 4.69) is 14.9 Å². The normalized spacial score (nSPS) is 18.1. The van der Waals surface area contributed by atoms with Crippen molar-refractivity contribution in [3.05, 3.63) is 42.6 Å². The quantitative estimate of drug-likeness (QED) is 0.455. The number of hydrogen-bond acceptors (Lipinski definition) is 4. The van der Waals surface area contributed by atoms with E-state index in [0.29, 0.717) is 17.8 Å². The predicted octanol–water partition coefficient (Wildman–Crippen LogP) is 6.21. The Morgan fingerprint density at radius 2 is 1.62 bits per heavy atom. The fourth-order valence-electron chi connectivity index (χ4n) is 5.39. The standard InChI is InChI=1S/C26H32N4OS/c31-24(30(19-10-3-1-4-11-19)20-12-5-2-6-13-20)18-32-26-21(14-9-17-27-26)25-28-22-15-7-8-16-23(22)29-25/h7-9,14-17,19-20H,1-6,10-13,18H2,(H,28,29). The maximum atomic E-state index is 13.6. The number of pyridine rings is 1. The Kier molecular flexibility index (Phi) is 6.77. The van der Waals surface area contributed by atoms with Crippen molar-refractivity contribution in [2.24, 2.45) is 0 Å². The van der Waals surface area contributed by atoms with Gasteiger partial charge in [-0.2, -0.15) is 0 Å². The van der Waals surface area contributed by atoms with Gasteiger partial charge in [-0.3, -0.25) is 4.79 Å². The third-order valence-corrected chi connectivity index (χ3v) is 7.96. The first-order valence-electron chi connectivity index (χ1n) is 12.1. The van der Waals surface area contributed by atoms with Gasteiger partial charge in [0.05, 0.1) is 16.8 Å². The van der Waals surface area contributed by atoms with Gasteiger partial charge < -0.3 is 9.88 Å². The summed E-state index contributed by atoms with van der Waals surface area (Å²) in [7, 11) is 0. The van der Waals surface area contributed by atoms with E-state index in [1.54, 1.807) is 18.0 Å². The highest BCUT2D eigenvalue weighted by atomic mass is 32.2. The molecule has 6 heteroatoms. The number of para-hydroxylation sites is 2. The van der Waals surface area contributed by atoms with Crippen molar-refractivity contribution in [3.8, 4) is 11.4 Å². The van der Waals surface area contributed by atoms with Crippen LogP contribution >= 0.6 is 11.8 Å². The molecule has 2 aliphatic carbocycles. The molecule has 0 aliphatic heterocycles. The van der Waals surface area contributed by atoms with Crippen LogP contribution in [0.1, 0.15) is 64.2 Å². The van der Waals surface area contributed by atoms with Crippen LogP contribution in [0.25, 0.3) is 22.4 Å². The fourth-order valence-corrected chi connectivity index (χ4v) is 6.26. The number of rotatable bonds is 6. The van der Waals surface area contributed by atoms with Crippen molar-refractivity contribution in [2.75, 3.05) is 5.75 Å². The molecule has 0 bridgehead atoms. The lowest BCUT2D eigenvalue weighted by Gasteiger charge is -2.41. The number of imidazole rings is 1. The second-order valence-electron chi connectivity index (χ2n) is 9.13. The summed E-state index contributed by atoms with van der Waals surface area (Å²) in [6.07, 6.45) is 14.1. The molecular formula is C26H32N4OS. The fraction of sp³-hybridized carbons (Fsp3) is 0.500. The van der Waals surface area contributed by atoms with E-state index in [9.17, 15) is 4.79 Å². The SMILES string of the molecule is O=C(CSc1ncccc1-c1nc2ccccc2[nH]1)N(C1CCCCC1)C1CCCCC1. The summed E-state index contributed by atoms with van der Waals surface area (Å²) >= 11 is 1.55. The molecular weight excluding hydrogens is 416 g/mol. The third kappa shape index (κ3) is 4.70. The Morgan fingerprint density at radius 3 is 2.31 bits per heavy atom. The smallest absolute Gasteiger partial charge is 0.233 e. The first kappa shape index (κ1) is 21.5. The van der Waals surface area contributed by atoms with Crippen molar-refractivity contribution in [1.29, 1.82) is 0 Å². The van der Waals surface area contributed by atoms with Gasteiger partial charge in [0.2, 0.25) is 5.91 Å². The molecule has 2 heterocycles. The lowest BCUT2D eigenvalue weighted by atomic mass is 9.88. The van der Waals surface area contributed by atoms with Crippen LogP contribution in [0.5, 0.6) is 0 Å². The lowest BCUT2D eigenvalue weighted by molar-refractivity contribution is -0.135. The number of carbonyl (C=O) groups is 1. The summed E-state index contributed by atoms with van der Waals surface area (Å²) in [5.41, 5.74) is 2.92. The van der Waals surface area contributed by atoms with Gasteiger partial charge in [-0.25, -0.2) is 9.97 Å². The van der Waals surface area contributed by atoms with E-state index in [4.69, 9.17) is 4.98 Å². The number of hydrogen-bond donors (Lipinski definition) is 1. The Hall–Kier alpha value is -2.34. The number of amides is 1. The molecule has 168 valence electrons. The Labute approximate surface area is 194 Å². The molecule has 0 saturated heterocycles. The van der Waals surface area contributed by atoms with E-state index in [-0.39, 0.29) is 5.91 Å². The number of thioether (sulfide) groups is 1. The Bertz CT molecular complexity index is 1000. The number of aromatic nitrogens is 3. The monoisotopic (exact) mass is 448 g/mol. The van der Waals surface area contributed by atoms with E-state index >= 15 is 0 Å². The summed E-state index contributed by atoms with van der Waals surface area (Å²) in [5, 5.41) is 0.868. The summed E-state index contributed by atoms with van der Waals surface area (Å²) in [5.74, 6) is 1.54. The molecule has 0 radical (unpaired) electrons. The van der Waals surface area contributed by atoms with Crippen LogP contribution in [0.15, 0.2) is 47.6 Å². The molecule has 2 saturated carbocycles. The summed E-state index contributed by atoms with van der Waals surface area (Å²) in [6, 6.07) is 12.9. The second-order valence-corrected chi connectivity index (χ2v) is 10.1. The van der Waals surface area contributed by atoms with Gasteiger partial charge in [0.25, 0.3) is 0 Å². The lowest BCUT2D eigenvalue weighted by Crippen LogP contribution is -2.49. The minimum absolute atomic E-state index is 0.287. The zero-order chi connectivity index (χ0) is 21.8. The first-order valence-corrected chi connectivity index (χ1v) is 13.1. The minimum Gasteiger partial charge on any atom is -0.338 e. The average Bonchev–Trinajstić information content (AvgIpc) is 3.29. The van der Waals surface area contributed by atoms with E-state index in [0.717, 1.165) is 27.4 Å².